The highest BCUT2D eigenvalue weighted by molar-refractivity contribution is 7.88. The standard InChI is InChI=1S/C15H22N2O5S/c1-15(2,16-14(18)10-17(3)23(4,19)20)11-5-6-12-13(9-11)22-8-7-21-12/h5-6,9H,7-8,10H2,1-4H3,(H,16,18). The van der Waals surface area contributed by atoms with E-state index < -0.39 is 15.6 Å². The van der Waals surface area contributed by atoms with Gasteiger partial charge in [-0.15, -0.1) is 0 Å². The van der Waals surface area contributed by atoms with Gasteiger partial charge in [0.05, 0.1) is 18.3 Å². The lowest BCUT2D eigenvalue weighted by Gasteiger charge is -2.29. The number of nitrogens with one attached hydrogen (secondary N) is 1. The van der Waals surface area contributed by atoms with E-state index in [1.807, 2.05) is 26.0 Å². The van der Waals surface area contributed by atoms with Crippen LogP contribution in [-0.4, -0.2) is 51.7 Å². The minimum absolute atomic E-state index is 0.229. The first-order valence-corrected chi connectivity index (χ1v) is 9.07. The molecule has 1 amide bonds. The normalized spacial score (nSPS) is 14.7. The van der Waals surface area contributed by atoms with Crippen molar-refractivity contribution >= 4 is 15.9 Å². The summed E-state index contributed by atoms with van der Waals surface area (Å²) in [7, 11) is -2.03. The zero-order valence-corrected chi connectivity index (χ0v) is 14.6. The van der Waals surface area contributed by atoms with Crippen molar-refractivity contribution in [2.24, 2.45) is 0 Å². The Bertz CT molecular complexity index is 700. The molecular weight excluding hydrogens is 320 g/mol. The van der Waals surface area contributed by atoms with Crippen molar-refractivity contribution in [3.05, 3.63) is 23.8 Å². The fraction of sp³-hybridized carbons (Fsp3) is 0.533. The van der Waals surface area contributed by atoms with E-state index in [-0.39, 0.29) is 12.5 Å². The molecule has 0 saturated carbocycles. The molecule has 0 unspecified atom stereocenters. The summed E-state index contributed by atoms with van der Waals surface area (Å²) in [6.07, 6.45) is 1.06. The highest BCUT2D eigenvalue weighted by atomic mass is 32.2. The quantitative estimate of drug-likeness (QED) is 0.851. The molecule has 1 aromatic carbocycles. The summed E-state index contributed by atoms with van der Waals surface area (Å²) in [6, 6.07) is 5.49. The van der Waals surface area contributed by atoms with Gasteiger partial charge < -0.3 is 14.8 Å². The van der Waals surface area contributed by atoms with E-state index in [0.717, 1.165) is 16.1 Å². The predicted molar refractivity (Wildman–Crippen MR) is 86.1 cm³/mol. The van der Waals surface area contributed by atoms with Crippen LogP contribution in [0.5, 0.6) is 11.5 Å². The first-order valence-electron chi connectivity index (χ1n) is 7.22. The first kappa shape index (κ1) is 17.6. The minimum Gasteiger partial charge on any atom is -0.486 e. The Morgan fingerprint density at radius 1 is 1.26 bits per heavy atom. The van der Waals surface area contributed by atoms with Crippen LogP contribution in [0.3, 0.4) is 0 Å². The van der Waals surface area contributed by atoms with Gasteiger partial charge in [-0.3, -0.25) is 4.79 Å². The largest absolute Gasteiger partial charge is 0.486 e. The van der Waals surface area contributed by atoms with Gasteiger partial charge in [-0.05, 0) is 31.5 Å². The molecule has 7 nitrogen and oxygen atoms in total. The molecule has 1 aliphatic heterocycles. The maximum Gasteiger partial charge on any atom is 0.235 e. The van der Waals surface area contributed by atoms with Crippen LogP contribution < -0.4 is 14.8 Å². The number of fused-ring (bicyclic) bond motifs is 1. The summed E-state index contributed by atoms with van der Waals surface area (Å²) < 4.78 is 34.8. The molecule has 0 bridgehead atoms. The summed E-state index contributed by atoms with van der Waals surface area (Å²) in [6.45, 7) is 4.47. The molecule has 1 aromatic rings. The number of benzene rings is 1. The van der Waals surface area contributed by atoms with Gasteiger partial charge in [0.15, 0.2) is 11.5 Å². The van der Waals surface area contributed by atoms with Crippen molar-refractivity contribution in [3.63, 3.8) is 0 Å². The Hall–Kier alpha value is -1.80. The minimum atomic E-state index is -3.39. The number of rotatable bonds is 5. The third kappa shape index (κ3) is 4.35. The zero-order valence-electron chi connectivity index (χ0n) is 13.8. The lowest BCUT2D eigenvalue weighted by atomic mass is 9.93. The third-order valence-electron chi connectivity index (χ3n) is 3.65. The van der Waals surface area contributed by atoms with Crippen LogP contribution in [0, 0.1) is 0 Å². The molecular formula is C15H22N2O5S. The van der Waals surface area contributed by atoms with Gasteiger partial charge in [0.2, 0.25) is 15.9 Å². The summed E-state index contributed by atoms with van der Waals surface area (Å²) in [4.78, 5) is 12.1. The van der Waals surface area contributed by atoms with Crippen LogP contribution in [0.15, 0.2) is 18.2 Å². The molecule has 8 heteroatoms. The molecule has 0 radical (unpaired) electrons. The Labute approximate surface area is 136 Å². The van der Waals surface area contributed by atoms with Gasteiger partial charge >= 0.3 is 0 Å². The molecule has 2 rings (SSSR count). The zero-order chi connectivity index (χ0) is 17.3. The van der Waals surface area contributed by atoms with E-state index >= 15 is 0 Å². The molecule has 0 saturated heterocycles. The van der Waals surface area contributed by atoms with Gasteiger partial charge in [0.25, 0.3) is 0 Å². The van der Waals surface area contributed by atoms with Crippen molar-refractivity contribution in [1.29, 1.82) is 0 Å². The SMILES string of the molecule is CN(CC(=O)NC(C)(C)c1ccc2c(c1)OCCO2)S(C)(=O)=O. The molecule has 0 aliphatic carbocycles. The predicted octanol–water partition coefficient (Wildman–Crippen LogP) is 0.700. The second-order valence-electron chi connectivity index (χ2n) is 6.05. The van der Waals surface area contributed by atoms with Crippen molar-refractivity contribution in [2.45, 2.75) is 19.4 Å². The molecule has 1 N–H and O–H groups in total. The maximum absolute atomic E-state index is 12.1. The monoisotopic (exact) mass is 342 g/mol. The van der Waals surface area contributed by atoms with Crippen LogP contribution in [0.4, 0.5) is 0 Å². The van der Waals surface area contributed by atoms with Crippen molar-refractivity contribution < 1.29 is 22.7 Å². The van der Waals surface area contributed by atoms with Gasteiger partial charge in [-0.2, -0.15) is 4.31 Å². The smallest absolute Gasteiger partial charge is 0.235 e. The van der Waals surface area contributed by atoms with Crippen LogP contribution >= 0.6 is 0 Å². The van der Waals surface area contributed by atoms with Crippen molar-refractivity contribution in [1.82, 2.24) is 9.62 Å². The Balaban J connectivity index is 2.10. The molecule has 1 heterocycles. The maximum atomic E-state index is 12.1. The number of amides is 1. The van der Waals surface area contributed by atoms with Crippen LogP contribution in [0.2, 0.25) is 0 Å². The van der Waals surface area contributed by atoms with Crippen LogP contribution in [0.25, 0.3) is 0 Å². The van der Waals surface area contributed by atoms with E-state index in [9.17, 15) is 13.2 Å². The van der Waals surface area contributed by atoms with E-state index in [1.165, 1.54) is 7.05 Å². The number of carbonyl (C=O) groups is 1. The Morgan fingerprint density at radius 3 is 2.48 bits per heavy atom. The summed E-state index contributed by atoms with van der Waals surface area (Å²) in [5, 5.41) is 2.84. The van der Waals surface area contributed by atoms with Crippen LogP contribution in [-0.2, 0) is 20.4 Å². The highest BCUT2D eigenvalue weighted by Crippen LogP contribution is 2.34. The second kappa shape index (κ2) is 6.37. The number of ether oxygens (including phenoxy) is 2. The van der Waals surface area contributed by atoms with E-state index in [1.54, 1.807) is 6.07 Å². The molecule has 0 aromatic heterocycles. The summed E-state index contributed by atoms with van der Waals surface area (Å²) in [5.74, 6) is 0.945. The van der Waals surface area contributed by atoms with Crippen molar-refractivity contribution in [3.8, 4) is 11.5 Å². The molecule has 0 atom stereocenters. The van der Waals surface area contributed by atoms with Crippen LogP contribution in [0.1, 0.15) is 19.4 Å². The number of nitrogens with zero attached hydrogens (tertiary/aromatic N) is 1. The fourth-order valence-electron chi connectivity index (χ4n) is 2.21. The van der Waals surface area contributed by atoms with Gasteiger partial charge in [0.1, 0.15) is 13.2 Å². The van der Waals surface area contributed by atoms with Crippen molar-refractivity contribution in [2.75, 3.05) is 33.1 Å². The number of hydrogen-bond donors (Lipinski definition) is 1. The van der Waals surface area contributed by atoms with E-state index in [4.69, 9.17) is 9.47 Å². The first-order chi connectivity index (χ1) is 10.6. The third-order valence-corrected chi connectivity index (χ3v) is 4.91. The molecule has 1 aliphatic rings. The lowest BCUT2D eigenvalue weighted by molar-refractivity contribution is -0.122. The molecule has 23 heavy (non-hydrogen) atoms. The van der Waals surface area contributed by atoms with Gasteiger partial charge in [-0.1, -0.05) is 6.07 Å². The number of hydrogen-bond acceptors (Lipinski definition) is 5. The van der Waals surface area contributed by atoms with E-state index in [2.05, 4.69) is 5.32 Å². The fourth-order valence-corrected chi connectivity index (χ4v) is 2.56. The topological polar surface area (TPSA) is 84.9 Å². The van der Waals surface area contributed by atoms with E-state index in [0.29, 0.717) is 24.7 Å². The average molecular weight is 342 g/mol. The summed E-state index contributed by atoms with van der Waals surface area (Å²) >= 11 is 0. The molecule has 128 valence electrons. The molecule has 0 fully saturated rings. The Morgan fingerprint density at radius 2 is 1.87 bits per heavy atom. The molecule has 0 spiro atoms. The van der Waals surface area contributed by atoms with Gasteiger partial charge in [0, 0.05) is 7.05 Å². The summed E-state index contributed by atoms with van der Waals surface area (Å²) in [5.41, 5.74) is 0.169. The number of likely N-dealkylation sites (N-methyl/N-ethyl adjacent to an activating group) is 1. The lowest BCUT2D eigenvalue weighted by Crippen LogP contribution is -2.46. The number of carbonyl (C=O) groups excluding carboxylic acids is 1. The van der Waals surface area contributed by atoms with Gasteiger partial charge in [-0.25, -0.2) is 8.42 Å². The second-order valence-corrected chi connectivity index (χ2v) is 8.14. The average Bonchev–Trinajstić information content (AvgIpc) is 2.45. The highest BCUT2D eigenvalue weighted by Gasteiger charge is 2.26. The Kier molecular flexibility index (Phi) is 4.86. The number of sulfonamides is 1.